The van der Waals surface area contributed by atoms with Crippen molar-refractivity contribution in [1.29, 1.82) is 0 Å². The van der Waals surface area contributed by atoms with Crippen molar-refractivity contribution in [2.45, 2.75) is 12.8 Å². The van der Waals surface area contributed by atoms with Crippen molar-refractivity contribution in [2.75, 3.05) is 30.0 Å². The maximum atomic E-state index is 13.7. The van der Waals surface area contributed by atoms with E-state index in [1.807, 2.05) is 0 Å². The Morgan fingerprint density at radius 3 is 2.94 bits per heavy atom. The summed E-state index contributed by atoms with van der Waals surface area (Å²) in [6.07, 6.45) is 1.74. The molecule has 0 bridgehead atoms. The third kappa shape index (κ3) is 2.51. The second-order valence-electron chi connectivity index (χ2n) is 4.41. The van der Waals surface area contributed by atoms with Gasteiger partial charge in [0.2, 0.25) is 0 Å². The zero-order valence-electron chi connectivity index (χ0n) is 9.87. The van der Waals surface area contributed by atoms with Gasteiger partial charge in [0.15, 0.2) is 23.3 Å². The molecule has 1 unspecified atom stereocenters. The molecule has 100 valence electrons. The average molecular weight is 258 g/mol. The summed E-state index contributed by atoms with van der Waals surface area (Å²) in [5.41, 5.74) is 2.10. The molecule has 0 spiro atoms. The fraction of sp³-hybridized carbons (Fsp3) is 0.545. The van der Waals surface area contributed by atoms with Crippen molar-refractivity contribution in [1.82, 2.24) is 4.98 Å². The lowest BCUT2D eigenvalue weighted by Gasteiger charge is -2.33. The standard InChI is InChI=1S/C11H16F2N4O/c12-8-4-9(13)11(15-10(8)16-14)17-3-1-2-7(5-17)6-18/h4,7,18H,1-3,5-6,14H2,(H,15,16). The summed E-state index contributed by atoms with van der Waals surface area (Å²) in [6.45, 7) is 1.20. The van der Waals surface area contributed by atoms with Crippen LogP contribution in [0.5, 0.6) is 0 Å². The summed E-state index contributed by atoms with van der Waals surface area (Å²) in [7, 11) is 0. The van der Waals surface area contributed by atoms with Gasteiger partial charge in [0.1, 0.15) is 0 Å². The van der Waals surface area contributed by atoms with E-state index in [4.69, 9.17) is 10.9 Å². The van der Waals surface area contributed by atoms with E-state index in [1.165, 1.54) is 0 Å². The first kappa shape index (κ1) is 13.0. The minimum atomic E-state index is -0.825. The number of hydrazine groups is 1. The van der Waals surface area contributed by atoms with E-state index in [0.717, 1.165) is 18.9 Å². The molecule has 1 aliphatic rings. The predicted molar refractivity (Wildman–Crippen MR) is 64.0 cm³/mol. The number of nitrogens with two attached hydrogens (primary N) is 1. The van der Waals surface area contributed by atoms with Crippen molar-refractivity contribution >= 4 is 11.6 Å². The molecule has 0 aromatic carbocycles. The summed E-state index contributed by atoms with van der Waals surface area (Å²) >= 11 is 0. The highest BCUT2D eigenvalue weighted by molar-refractivity contribution is 5.49. The molecule has 1 aromatic rings. The lowest BCUT2D eigenvalue weighted by molar-refractivity contribution is 0.208. The highest BCUT2D eigenvalue weighted by Crippen LogP contribution is 2.26. The molecule has 0 aliphatic carbocycles. The molecule has 1 fully saturated rings. The van der Waals surface area contributed by atoms with Crippen LogP contribution >= 0.6 is 0 Å². The Morgan fingerprint density at radius 1 is 1.50 bits per heavy atom. The molecule has 0 saturated carbocycles. The molecular weight excluding hydrogens is 242 g/mol. The number of hydrogen-bond acceptors (Lipinski definition) is 5. The number of anilines is 2. The quantitative estimate of drug-likeness (QED) is 0.554. The highest BCUT2D eigenvalue weighted by atomic mass is 19.1. The molecule has 1 aliphatic heterocycles. The molecule has 7 heteroatoms. The van der Waals surface area contributed by atoms with Gasteiger partial charge in [-0.2, -0.15) is 0 Å². The van der Waals surface area contributed by atoms with Crippen molar-refractivity contribution in [3.8, 4) is 0 Å². The lowest BCUT2D eigenvalue weighted by Crippen LogP contribution is -2.38. The number of hydrogen-bond donors (Lipinski definition) is 3. The molecule has 1 aromatic heterocycles. The van der Waals surface area contributed by atoms with Gasteiger partial charge in [-0.3, -0.25) is 0 Å². The number of pyridine rings is 1. The van der Waals surface area contributed by atoms with E-state index in [0.29, 0.717) is 13.1 Å². The van der Waals surface area contributed by atoms with Crippen LogP contribution in [0, 0.1) is 17.6 Å². The van der Waals surface area contributed by atoms with Crippen LogP contribution in [-0.4, -0.2) is 29.8 Å². The molecule has 1 atom stereocenters. The summed E-state index contributed by atoms with van der Waals surface area (Å²) in [4.78, 5) is 5.55. The normalized spacial score (nSPS) is 20.0. The third-order valence-electron chi connectivity index (χ3n) is 3.12. The topological polar surface area (TPSA) is 74.4 Å². The molecule has 4 N–H and O–H groups in total. The summed E-state index contributed by atoms with van der Waals surface area (Å²) in [5, 5.41) is 9.14. The van der Waals surface area contributed by atoms with Crippen molar-refractivity contribution in [2.24, 2.45) is 11.8 Å². The Morgan fingerprint density at radius 2 is 2.28 bits per heavy atom. The van der Waals surface area contributed by atoms with Gasteiger partial charge in [0, 0.05) is 25.8 Å². The summed E-state index contributed by atoms with van der Waals surface area (Å²) in [6, 6.07) is 0.764. The first-order valence-electron chi connectivity index (χ1n) is 5.84. The SMILES string of the molecule is NNc1nc(N2CCCC(CO)C2)c(F)cc1F. The second kappa shape index (κ2) is 5.45. The zero-order chi connectivity index (χ0) is 13.1. The minimum absolute atomic E-state index is 0.0569. The van der Waals surface area contributed by atoms with Crippen LogP contribution in [0.15, 0.2) is 6.07 Å². The van der Waals surface area contributed by atoms with E-state index < -0.39 is 11.6 Å². The lowest BCUT2D eigenvalue weighted by atomic mass is 9.99. The Balaban J connectivity index is 2.26. The number of aliphatic hydroxyl groups is 1. The van der Waals surface area contributed by atoms with Crippen LogP contribution in [0.3, 0.4) is 0 Å². The van der Waals surface area contributed by atoms with Gasteiger partial charge in [-0.15, -0.1) is 0 Å². The molecule has 5 nitrogen and oxygen atoms in total. The van der Waals surface area contributed by atoms with E-state index >= 15 is 0 Å². The van der Waals surface area contributed by atoms with E-state index in [1.54, 1.807) is 4.90 Å². The molecule has 2 heterocycles. The number of nitrogen functional groups attached to an aromatic ring is 1. The highest BCUT2D eigenvalue weighted by Gasteiger charge is 2.23. The van der Waals surface area contributed by atoms with Crippen LogP contribution in [0.2, 0.25) is 0 Å². The monoisotopic (exact) mass is 258 g/mol. The molecule has 18 heavy (non-hydrogen) atoms. The van der Waals surface area contributed by atoms with Gasteiger partial charge in [0.25, 0.3) is 0 Å². The van der Waals surface area contributed by atoms with Gasteiger partial charge in [0.05, 0.1) is 0 Å². The molecule has 1 saturated heterocycles. The zero-order valence-corrected chi connectivity index (χ0v) is 9.87. The number of nitrogens with zero attached hydrogens (tertiary/aromatic N) is 2. The first-order chi connectivity index (χ1) is 8.65. The number of aliphatic hydroxyl groups excluding tert-OH is 1. The van der Waals surface area contributed by atoms with Gasteiger partial charge in [-0.05, 0) is 18.8 Å². The molecule has 0 radical (unpaired) electrons. The maximum absolute atomic E-state index is 13.7. The van der Waals surface area contributed by atoms with Crippen molar-refractivity contribution < 1.29 is 13.9 Å². The summed E-state index contributed by atoms with van der Waals surface area (Å²) < 4.78 is 26.9. The van der Waals surface area contributed by atoms with Crippen molar-refractivity contribution in [3.63, 3.8) is 0 Å². The third-order valence-corrected chi connectivity index (χ3v) is 3.12. The second-order valence-corrected chi connectivity index (χ2v) is 4.41. The van der Waals surface area contributed by atoms with Gasteiger partial charge in [-0.1, -0.05) is 0 Å². The number of halogens is 2. The van der Waals surface area contributed by atoms with Gasteiger partial charge in [-0.25, -0.2) is 19.6 Å². The summed E-state index contributed by atoms with van der Waals surface area (Å²) in [5.74, 6) is 3.56. The molecule has 2 rings (SSSR count). The van der Waals surface area contributed by atoms with Crippen molar-refractivity contribution in [3.05, 3.63) is 17.7 Å². The fourth-order valence-electron chi connectivity index (χ4n) is 2.19. The van der Waals surface area contributed by atoms with Crippen LogP contribution in [0.25, 0.3) is 0 Å². The number of piperidine rings is 1. The molecule has 0 amide bonds. The van der Waals surface area contributed by atoms with Crippen LogP contribution in [0.1, 0.15) is 12.8 Å². The Kier molecular flexibility index (Phi) is 3.93. The van der Waals surface area contributed by atoms with E-state index in [2.05, 4.69) is 10.4 Å². The Hall–Kier alpha value is -1.47. The Labute approximate surface area is 104 Å². The minimum Gasteiger partial charge on any atom is -0.396 e. The van der Waals surface area contributed by atoms with Crippen LogP contribution in [-0.2, 0) is 0 Å². The predicted octanol–water partition coefficient (Wildman–Crippen LogP) is 0.854. The number of aromatic nitrogens is 1. The fourth-order valence-corrected chi connectivity index (χ4v) is 2.19. The van der Waals surface area contributed by atoms with Gasteiger partial charge < -0.3 is 15.4 Å². The van der Waals surface area contributed by atoms with Gasteiger partial charge >= 0.3 is 0 Å². The van der Waals surface area contributed by atoms with E-state index in [9.17, 15) is 8.78 Å². The number of nitrogens with one attached hydrogen (secondary N) is 1. The largest absolute Gasteiger partial charge is 0.396 e. The van der Waals surface area contributed by atoms with E-state index in [-0.39, 0.29) is 24.2 Å². The van der Waals surface area contributed by atoms with Crippen LogP contribution in [0.4, 0.5) is 20.4 Å². The number of rotatable bonds is 3. The first-order valence-corrected chi connectivity index (χ1v) is 5.84. The average Bonchev–Trinajstić information content (AvgIpc) is 2.39. The molecular formula is C11H16F2N4O. The van der Waals surface area contributed by atoms with Crippen LogP contribution < -0.4 is 16.2 Å². The smallest absolute Gasteiger partial charge is 0.178 e. The Bertz CT molecular complexity index is 430. The maximum Gasteiger partial charge on any atom is 0.178 e.